The highest BCUT2D eigenvalue weighted by Crippen LogP contribution is 2.05. The summed E-state index contributed by atoms with van der Waals surface area (Å²) in [4.78, 5) is 2.49. The number of nitrogens with one attached hydrogen (secondary N) is 1. The van der Waals surface area contributed by atoms with Crippen LogP contribution in [0.15, 0.2) is 30.3 Å². The van der Waals surface area contributed by atoms with E-state index >= 15 is 0 Å². The van der Waals surface area contributed by atoms with Gasteiger partial charge in [0.2, 0.25) is 0 Å². The molecule has 0 unspecified atom stereocenters. The number of morpholine rings is 1. The maximum Gasteiger partial charge on any atom is 0.0634 e. The Bertz CT molecular complexity index is 315. The average molecular weight is 234 g/mol. The summed E-state index contributed by atoms with van der Waals surface area (Å²) in [5.41, 5.74) is 1.34. The van der Waals surface area contributed by atoms with Crippen LogP contribution < -0.4 is 5.32 Å². The molecule has 1 heterocycles. The molecule has 1 saturated heterocycles. The minimum Gasteiger partial charge on any atom is -0.378 e. The molecule has 2 rings (SSSR count). The summed E-state index contributed by atoms with van der Waals surface area (Å²) in [5.74, 6) is 0. The van der Waals surface area contributed by atoms with E-state index in [1.165, 1.54) is 5.56 Å². The van der Waals surface area contributed by atoms with Gasteiger partial charge in [-0.1, -0.05) is 37.3 Å². The zero-order valence-electron chi connectivity index (χ0n) is 10.6. The standard InChI is InChI=1S/C14H22N2O/c1-2-16-8-9-17-12-14(16)11-15-10-13-6-4-3-5-7-13/h3-7,14-15H,2,8-12H2,1H3/t14-/m0/s1. The van der Waals surface area contributed by atoms with Gasteiger partial charge in [-0.2, -0.15) is 0 Å². The summed E-state index contributed by atoms with van der Waals surface area (Å²) in [6.07, 6.45) is 0. The fraction of sp³-hybridized carbons (Fsp3) is 0.571. The summed E-state index contributed by atoms with van der Waals surface area (Å²) >= 11 is 0. The summed E-state index contributed by atoms with van der Waals surface area (Å²) in [5, 5.41) is 3.51. The summed E-state index contributed by atoms with van der Waals surface area (Å²) in [7, 11) is 0. The molecule has 0 radical (unpaired) electrons. The molecule has 17 heavy (non-hydrogen) atoms. The van der Waals surface area contributed by atoms with Crippen molar-refractivity contribution in [2.75, 3.05) is 32.8 Å². The van der Waals surface area contributed by atoms with Crippen molar-refractivity contribution in [3.8, 4) is 0 Å². The number of nitrogens with zero attached hydrogens (tertiary/aromatic N) is 1. The highest BCUT2D eigenvalue weighted by atomic mass is 16.5. The lowest BCUT2D eigenvalue weighted by Gasteiger charge is -2.34. The number of benzene rings is 1. The Hall–Kier alpha value is -0.900. The van der Waals surface area contributed by atoms with Gasteiger partial charge in [0.1, 0.15) is 0 Å². The van der Waals surface area contributed by atoms with E-state index in [1.807, 2.05) is 0 Å². The molecule has 1 aliphatic rings. The lowest BCUT2D eigenvalue weighted by molar-refractivity contribution is -0.00423. The Kier molecular flexibility index (Phi) is 4.98. The zero-order valence-corrected chi connectivity index (χ0v) is 10.6. The van der Waals surface area contributed by atoms with Crippen molar-refractivity contribution in [3.05, 3.63) is 35.9 Å². The molecule has 1 fully saturated rings. The molecule has 3 heteroatoms. The van der Waals surface area contributed by atoms with Gasteiger partial charge in [0.15, 0.2) is 0 Å². The van der Waals surface area contributed by atoms with Gasteiger partial charge >= 0.3 is 0 Å². The van der Waals surface area contributed by atoms with Crippen LogP contribution in [0.25, 0.3) is 0 Å². The van der Waals surface area contributed by atoms with E-state index < -0.39 is 0 Å². The van der Waals surface area contributed by atoms with Crippen LogP contribution in [0.1, 0.15) is 12.5 Å². The number of ether oxygens (including phenoxy) is 1. The SMILES string of the molecule is CCN1CCOC[C@@H]1CNCc1ccccc1. The summed E-state index contributed by atoms with van der Waals surface area (Å²) < 4.78 is 5.54. The Labute approximate surface area is 104 Å². The normalized spacial score (nSPS) is 21.6. The fourth-order valence-corrected chi connectivity index (χ4v) is 2.27. The van der Waals surface area contributed by atoms with Crippen LogP contribution >= 0.6 is 0 Å². The Morgan fingerprint density at radius 2 is 2.18 bits per heavy atom. The van der Waals surface area contributed by atoms with Crippen molar-refractivity contribution in [2.24, 2.45) is 0 Å². The molecule has 0 aliphatic carbocycles. The second-order valence-corrected chi connectivity index (χ2v) is 4.47. The number of likely N-dealkylation sites (N-methyl/N-ethyl adjacent to an activating group) is 1. The van der Waals surface area contributed by atoms with E-state index in [2.05, 4.69) is 47.5 Å². The fourth-order valence-electron chi connectivity index (χ4n) is 2.27. The molecule has 1 aromatic rings. The highest BCUT2D eigenvalue weighted by molar-refractivity contribution is 5.14. The van der Waals surface area contributed by atoms with Crippen LogP contribution in [-0.2, 0) is 11.3 Å². The molecular weight excluding hydrogens is 212 g/mol. The van der Waals surface area contributed by atoms with E-state index in [1.54, 1.807) is 0 Å². The van der Waals surface area contributed by atoms with E-state index in [0.29, 0.717) is 6.04 Å². The molecule has 0 spiro atoms. The lowest BCUT2D eigenvalue weighted by atomic mass is 10.2. The predicted molar refractivity (Wildman–Crippen MR) is 70.0 cm³/mol. The molecule has 0 amide bonds. The van der Waals surface area contributed by atoms with Gasteiger partial charge in [-0.15, -0.1) is 0 Å². The van der Waals surface area contributed by atoms with Crippen LogP contribution in [0.4, 0.5) is 0 Å². The first-order valence-corrected chi connectivity index (χ1v) is 6.46. The maximum absolute atomic E-state index is 5.54. The highest BCUT2D eigenvalue weighted by Gasteiger charge is 2.20. The minimum absolute atomic E-state index is 0.525. The minimum atomic E-state index is 0.525. The largest absolute Gasteiger partial charge is 0.378 e. The third-order valence-corrected chi connectivity index (χ3v) is 3.31. The average Bonchev–Trinajstić information content (AvgIpc) is 2.40. The van der Waals surface area contributed by atoms with Crippen LogP contribution in [-0.4, -0.2) is 43.8 Å². The summed E-state index contributed by atoms with van der Waals surface area (Å²) in [6.45, 7) is 8.07. The van der Waals surface area contributed by atoms with E-state index in [4.69, 9.17) is 4.74 Å². The van der Waals surface area contributed by atoms with E-state index in [-0.39, 0.29) is 0 Å². The number of hydrogen-bond donors (Lipinski definition) is 1. The molecule has 0 bridgehead atoms. The summed E-state index contributed by atoms with van der Waals surface area (Å²) in [6, 6.07) is 11.1. The number of hydrogen-bond acceptors (Lipinski definition) is 3. The van der Waals surface area contributed by atoms with Crippen molar-refractivity contribution >= 4 is 0 Å². The molecule has 94 valence electrons. The van der Waals surface area contributed by atoms with Crippen LogP contribution in [0.2, 0.25) is 0 Å². The molecule has 1 aliphatic heterocycles. The van der Waals surface area contributed by atoms with Crippen LogP contribution in [0.5, 0.6) is 0 Å². The first kappa shape index (κ1) is 12.6. The van der Waals surface area contributed by atoms with E-state index in [9.17, 15) is 0 Å². The molecule has 0 aromatic heterocycles. The molecule has 1 N–H and O–H groups in total. The van der Waals surface area contributed by atoms with Gasteiger partial charge in [0.25, 0.3) is 0 Å². The molecule has 3 nitrogen and oxygen atoms in total. The van der Waals surface area contributed by atoms with Gasteiger partial charge in [0.05, 0.1) is 13.2 Å². The van der Waals surface area contributed by atoms with Crippen molar-refractivity contribution in [3.63, 3.8) is 0 Å². The molecular formula is C14H22N2O. The smallest absolute Gasteiger partial charge is 0.0634 e. The molecule has 0 saturated carbocycles. The van der Waals surface area contributed by atoms with Crippen molar-refractivity contribution in [2.45, 2.75) is 19.5 Å². The van der Waals surface area contributed by atoms with Crippen molar-refractivity contribution in [1.29, 1.82) is 0 Å². The van der Waals surface area contributed by atoms with Gasteiger partial charge in [-0.05, 0) is 12.1 Å². The first-order valence-electron chi connectivity index (χ1n) is 6.46. The van der Waals surface area contributed by atoms with Crippen molar-refractivity contribution < 1.29 is 4.74 Å². The second kappa shape index (κ2) is 6.74. The lowest BCUT2D eigenvalue weighted by Crippen LogP contribution is -2.50. The van der Waals surface area contributed by atoms with Gasteiger partial charge in [-0.3, -0.25) is 4.90 Å². The molecule has 1 atom stereocenters. The maximum atomic E-state index is 5.54. The van der Waals surface area contributed by atoms with Crippen LogP contribution in [0, 0.1) is 0 Å². The van der Waals surface area contributed by atoms with E-state index in [0.717, 1.165) is 39.4 Å². The van der Waals surface area contributed by atoms with Gasteiger partial charge in [-0.25, -0.2) is 0 Å². The van der Waals surface area contributed by atoms with Crippen molar-refractivity contribution in [1.82, 2.24) is 10.2 Å². The third kappa shape index (κ3) is 3.80. The predicted octanol–water partition coefficient (Wildman–Crippen LogP) is 1.50. The van der Waals surface area contributed by atoms with Gasteiger partial charge in [0, 0.05) is 25.7 Å². The molecule has 1 aromatic carbocycles. The second-order valence-electron chi connectivity index (χ2n) is 4.47. The third-order valence-electron chi connectivity index (χ3n) is 3.31. The first-order chi connectivity index (χ1) is 8.40. The Morgan fingerprint density at radius 3 is 2.94 bits per heavy atom. The topological polar surface area (TPSA) is 24.5 Å². The monoisotopic (exact) mass is 234 g/mol. The van der Waals surface area contributed by atoms with Crippen LogP contribution in [0.3, 0.4) is 0 Å². The Balaban J connectivity index is 1.74. The Morgan fingerprint density at radius 1 is 1.35 bits per heavy atom. The number of rotatable bonds is 5. The van der Waals surface area contributed by atoms with Gasteiger partial charge < -0.3 is 10.1 Å². The quantitative estimate of drug-likeness (QED) is 0.835. The zero-order chi connectivity index (χ0) is 11.9.